The number of rotatable bonds is 5. The van der Waals surface area contributed by atoms with Gasteiger partial charge in [0.15, 0.2) is 5.96 Å². The summed E-state index contributed by atoms with van der Waals surface area (Å²) in [6, 6.07) is 19.2. The number of nitrogens with zero attached hydrogens (tertiary/aromatic N) is 2. The van der Waals surface area contributed by atoms with Crippen LogP contribution in [-0.4, -0.2) is 51.9 Å². The van der Waals surface area contributed by atoms with Crippen LogP contribution >= 0.6 is 35.6 Å². The van der Waals surface area contributed by atoms with Crippen LogP contribution in [0, 0.1) is 0 Å². The number of halogens is 2. The van der Waals surface area contributed by atoms with Gasteiger partial charge in [0.1, 0.15) is 0 Å². The van der Waals surface area contributed by atoms with Crippen molar-refractivity contribution in [1.82, 2.24) is 10.6 Å². The van der Waals surface area contributed by atoms with Crippen LogP contribution in [0.5, 0.6) is 0 Å². The highest BCUT2D eigenvalue weighted by molar-refractivity contribution is 14.0. The van der Waals surface area contributed by atoms with Gasteiger partial charge in [-0.2, -0.15) is 0 Å². The summed E-state index contributed by atoms with van der Waals surface area (Å²) < 4.78 is 5.66. The molecule has 31 heavy (non-hydrogen) atoms. The molecule has 0 saturated carbocycles. The molecule has 1 unspecified atom stereocenters. The Bertz CT molecular complexity index is 858. The third kappa shape index (κ3) is 6.05. The molecule has 2 fully saturated rings. The van der Waals surface area contributed by atoms with Crippen LogP contribution in [0.3, 0.4) is 0 Å². The highest BCUT2D eigenvalue weighted by atomic mass is 127. The average Bonchev–Trinajstić information content (AvgIpc) is 3.26. The highest BCUT2D eigenvalue weighted by Gasteiger charge is 2.35. The maximum absolute atomic E-state index is 6.30. The van der Waals surface area contributed by atoms with Gasteiger partial charge < -0.3 is 20.3 Å². The number of guanidine groups is 1. The Labute approximate surface area is 207 Å². The van der Waals surface area contributed by atoms with E-state index in [2.05, 4.69) is 63.0 Å². The molecule has 2 N–H and O–H groups in total. The summed E-state index contributed by atoms with van der Waals surface area (Å²) in [6.07, 6.45) is 3.05. The zero-order chi connectivity index (χ0) is 20.8. The van der Waals surface area contributed by atoms with E-state index in [0.717, 1.165) is 63.1 Å². The molecule has 2 saturated heterocycles. The smallest absolute Gasteiger partial charge is 0.191 e. The van der Waals surface area contributed by atoms with E-state index in [1.165, 1.54) is 11.3 Å². The highest BCUT2D eigenvalue weighted by Crippen LogP contribution is 2.35. The summed E-state index contributed by atoms with van der Waals surface area (Å²) in [5.41, 5.74) is 2.57. The van der Waals surface area contributed by atoms with Crippen LogP contribution in [-0.2, 0) is 10.2 Å². The average molecular weight is 555 g/mol. The van der Waals surface area contributed by atoms with Gasteiger partial charge in [-0.25, -0.2) is 0 Å². The third-order valence-corrected chi connectivity index (χ3v) is 6.59. The molecule has 2 aliphatic heterocycles. The van der Waals surface area contributed by atoms with Crippen molar-refractivity contribution in [3.05, 3.63) is 65.2 Å². The van der Waals surface area contributed by atoms with Crippen molar-refractivity contribution in [1.29, 1.82) is 0 Å². The molecule has 0 bridgehead atoms. The van der Waals surface area contributed by atoms with E-state index in [4.69, 9.17) is 16.3 Å². The number of hydrogen-bond acceptors (Lipinski definition) is 3. The van der Waals surface area contributed by atoms with Gasteiger partial charge in [0.2, 0.25) is 0 Å². The number of benzene rings is 2. The van der Waals surface area contributed by atoms with Crippen molar-refractivity contribution in [2.24, 2.45) is 4.99 Å². The summed E-state index contributed by atoms with van der Waals surface area (Å²) in [6.45, 7) is 4.40. The van der Waals surface area contributed by atoms with E-state index in [0.29, 0.717) is 6.04 Å². The summed E-state index contributed by atoms with van der Waals surface area (Å²) in [5, 5.41) is 8.01. The lowest BCUT2D eigenvalue weighted by Gasteiger charge is -2.38. The van der Waals surface area contributed by atoms with Gasteiger partial charge in [-0.05, 0) is 49.1 Å². The summed E-state index contributed by atoms with van der Waals surface area (Å²) >= 11 is 6.30. The van der Waals surface area contributed by atoms with Gasteiger partial charge in [0.25, 0.3) is 0 Å². The number of ether oxygens (including phenoxy) is 1. The van der Waals surface area contributed by atoms with E-state index in [1.54, 1.807) is 0 Å². The number of nitrogens with one attached hydrogen (secondary N) is 2. The van der Waals surface area contributed by atoms with Gasteiger partial charge >= 0.3 is 0 Å². The van der Waals surface area contributed by atoms with Crippen LogP contribution in [0.25, 0.3) is 0 Å². The Kier molecular flexibility index (Phi) is 8.86. The van der Waals surface area contributed by atoms with Gasteiger partial charge in [-0.3, -0.25) is 4.99 Å². The number of hydrogen-bond donors (Lipinski definition) is 2. The van der Waals surface area contributed by atoms with E-state index < -0.39 is 0 Å². The molecule has 0 radical (unpaired) electrons. The van der Waals surface area contributed by atoms with Crippen molar-refractivity contribution in [2.45, 2.75) is 30.7 Å². The fraction of sp³-hybridized carbons (Fsp3) is 0.458. The maximum atomic E-state index is 6.30. The minimum absolute atomic E-state index is 0. The van der Waals surface area contributed by atoms with Crippen molar-refractivity contribution in [3.63, 3.8) is 0 Å². The molecule has 7 heteroatoms. The van der Waals surface area contributed by atoms with Crippen molar-refractivity contribution >= 4 is 47.2 Å². The lowest BCUT2D eigenvalue weighted by atomic mass is 9.74. The largest absolute Gasteiger partial charge is 0.381 e. The minimum Gasteiger partial charge on any atom is -0.381 e. The van der Waals surface area contributed by atoms with Gasteiger partial charge in [0.05, 0.1) is 0 Å². The first-order valence-corrected chi connectivity index (χ1v) is 11.2. The SMILES string of the molecule is CN=C(NCC1(c2cccc(Cl)c2)CCOCC1)NC1CCN(c2ccccc2)C1.I. The fourth-order valence-corrected chi connectivity index (χ4v) is 4.73. The molecule has 2 heterocycles. The van der Waals surface area contributed by atoms with E-state index in [-0.39, 0.29) is 29.4 Å². The molecule has 2 aromatic rings. The van der Waals surface area contributed by atoms with Crippen LogP contribution in [0.2, 0.25) is 5.02 Å². The number of anilines is 1. The lowest BCUT2D eigenvalue weighted by molar-refractivity contribution is 0.0513. The third-order valence-electron chi connectivity index (χ3n) is 6.36. The quantitative estimate of drug-likeness (QED) is 0.326. The van der Waals surface area contributed by atoms with E-state index in [1.807, 2.05) is 19.2 Å². The molecule has 5 nitrogen and oxygen atoms in total. The van der Waals surface area contributed by atoms with Crippen LogP contribution in [0.1, 0.15) is 24.8 Å². The molecular weight excluding hydrogens is 523 g/mol. The molecule has 0 spiro atoms. The molecule has 0 aromatic heterocycles. The minimum atomic E-state index is 0. The molecule has 0 aliphatic carbocycles. The second kappa shape index (κ2) is 11.4. The standard InChI is InChI=1S/C24H31ClN4O.HI/c1-26-23(28-21-10-13-29(17-21)22-8-3-2-4-9-22)27-18-24(11-14-30-15-12-24)19-6-5-7-20(25)16-19;/h2-9,16,21H,10-15,17-18H2,1H3,(H2,26,27,28);1H. The first kappa shape index (κ1) is 24.1. The van der Waals surface area contributed by atoms with Crippen LogP contribution < -0.4 is 15.5 Å². The Morgan fingerprint density at radius 3 is 2.65 bits per heavy atom. The van der Waals surface area contributed by atoms with Crippen molar-refractivity contribution in [2.75, 3.05) is 44.8 Å². The number of para-hydroxylation sites is 1. The van der Waals surface area contributed by atoms with Crippen molar-refractivity contribution in [3.8, 4) is 0 Å². The van der Waals surface area contributed by atoms with E-state index in [9.17, 15) is 0 Å². The molecule has 0 amide bonds. The second-order valence-electron chi connectivity index (χ2n) is 8.24. The van der Waals surface area contributed by atoms with Gasteiger partial charge in [0, 0.05) is 62.1 Å². The second-order valence-corrected chi connectivity index (χ2v) is 8.68. The molecule has 168 valence electrons. The fourth-order valence-electron chi connectivity index (χ4n) is 4.54. The van der Waals surface area contributed by atoms with Gasteiger partial charge in [-0.15, -0.1) is 24.0 Å². The molecule has 4 rings (SSSR count). The predicted molar refractivity (Wildman–Crippen MR) is 140 cm³/mol. The summed E-state index contributed by atoms with van der Waals surface area (Å²) in [7, 11) is 1.84. The van der Waals surface area contributed by atoms with E-state index >= 15 is 0 Å². The summed E-state index contributed by atoms with van der Waals surface area (Å²) in [5.74, 6) is 0.864. The molecule has 2 aromatic carbocycles. The Hall–Kier alpha value is -1.51. The number of aliphatic imine (C=N–C) groups is 1. The molecule has 1 atom stereocenters. The Morgan fingerprint density at radius 1 is 1.16 bits per heavy atom. The maximum Gasteiger partial charge on any atom is 0.191 e. The first-order valence-electron chi connectivity index (χ1n) is 10.8. The van der Waals surface area contributed by atoms with Gasteiger partial charge in [-0.1, -0.05) is 41.9 Å². The zero-order valence-corrected chi connectivity index (χ0v) is 21.1. The van der Waals surface area contributed by atoms with Crippen LogP contribution in [0.15, 0.2) is 59.6 Å². The molecule has 2 aliphatic rings. The van der Waals surface area contributed by atoms with Crippen molar-refractivity contribution < 1.29 is 4.74 Å². The Balaban J connectivity index is 0.00000272. The molecular formula is C24H32ClIN4O. The monoisotopic (exact) mass is 554 g/mol. The van der Waals surface area contributed by atoms with Crippen LogP contribution in [0.4, 0.5) is 5.69 Å². The lowest BCUT2D eigenvalue weighted by Crippen LogP contribution is -2.50. The normalized spacial score (nSPS) is 20.8. The summed E-state index contributed by atoms with van der Waals surface area (Å²) in [4.78, 5) is 6.92. The first-order chi connectivity index (χ1) is 14.7. The predicted octanol–water partition coefficient (Wildman–Crippen LogP) is 4.45. The topological polar surface area (TPSA) is 48.9 Å². The Morgan fingerprint density at radius 2 is 1.94 bits per heavy atom. The zero-order valence-electron chi connectivity index (χ0n) is 18.0.